The second-order valence-electron chi connectivity index (χ2n) is 9.18. The number of carbonyl (C=O) groups is 4. The third-order valence-electron chi connectivity index (χ3n) is 5.84. The Hall–Kier alpha value is -3.15. The summed E-state index contributed by atoms with van der Waals surface area (Å²) >= 11 is 0. The number of carbonyl (C=O) groups excluding carboxylic acids is 3. The molecular formula is C24H35F3N4O5. The molecule has 0 bridgehead atoms. The van der Waals surface area contributed by atoms with Crippen molar-refractivity contribution < 1.29 is 37.5 Å². The summed E-state index contributed by atoms with van der Waals surface area (Å²) in [7, 11) is 0. The molecule has 0 saturated heterocycles. The van der Waals surface area contributed by atoms with E-state index in [1.54, 1.807) is 27.7 Å². The van der Waals surface area contributed by atoms with Crippen molar-refractivity contribution >= 4 is 23.7 Å². The maximum absolute atomic E-state index is 13.0. The molecule has 6 N–H and O–H groups in total. The van der Waals surface area contributed by atoms with E-state index in [1.165, 1.54) is 19.1 Å². The van der Waals surface area contributed by atoms with Gasteiger partial charge in [-0.25, -0.2) is 0 Å². The van der Waals surface area contributed by atoms with Crippen molar-refractivity contribution in [2.45, 2.75) is 77.8 Å². The Balaban J connectivity index is 2.91. The number of nitrogens with one attached hydrogen (secondary N) is 3. The maximum atomic E-state index is 13.0. The lowest BCUT2D eigenvalue weighted by Gasteiger charge is -2.29. The van der Waals surface area contributed by atoms with E-state index in [1.807, 2.05) is 0 Å². The largest absolute Gasteiger partial charge is 0.480 e. The summed E-state index contributed by atoms with van der Waals surface area (Å²) in [6, 6.07) is -0.140. The molecule has 0 spiro atoms. The van der Waals surface area contributed by atoms with Crippen LogP contribution in [0.1, 0.15) is 52.2 Å². The number of alkyl halides is 3. The van der Waals surface area contributed by atoms with Crippen molar-refractivity contribution in [3.63, 3.8) is 0 Å². The predicted octanol–water partition coefficient (Wildman–Crippen LogP) is 1.84. The quantitative estimate of drug-likeness (QED) is 0.286. The van der Waals surface area contributed by atoms with Crippen molar-refractivity contribution in [1.82, 2.24) is 16.0 Å². The molecule has 1 rings (SSSR count). The fourth-order valence-corrected chi connectivity index (χ4v) is 3.28. The van der Waals surface area contributed by atoms with Crippen LogP contribution in [-0.4, -0.2) is 53.0 Å². The normalized spacial score (nSPS) is 15.8. The zero-order valence-electron chi connectivity index (χ0n) is 21.0. The molecule has 202 valence electrons. The highest BCUT2D eigenvalue weighted by Crippen LogP contribution is 2.29. The SMILES string of the molecule is CC[C@H](C)[C@H](NC(=O)[C@@H](NC(=O)[C@@H](N)Cc1ccc(C(F)(F)F)cc1)C(C)C)C(=O)N[C@@H](C)C(=O)O. The van der Waals surface area contributed by atoms with Crippen LogP contribution in [0.15, 0.2) is 24.3 Å². The van der Waals surface area contributed by atoms with Gasteiger partial charge in [0.1, 0.15) is 18.1 Å². The fraction of sp³-hybridized carbons (Fsp3) is 0.583. The van der Waals surface area contributed by atoms with E-state index < -0.39 is 65.5 Å². The van der Waals surface area contributed by atoms with Crippen LogP contribution in [-0.2, 0) is 31.8 Å². The van der Waals surface area contributed by atoms with Gasteiger partial charge in [0.05, 0.1) is 11.6 Å². The predicted molar refractivity (Wildman–Crippen MR) is 127 cm³/mol. The first kappa shape index (κ1) is 30.9. The third-order valence-corrected chi connectivity index (χ3v) is 5.84. The number of aliphatic carboxylic acids is 1. The van der Waals surface area contributed by atoms with Gasteiger partial charge in [0.15, 0.2) is 0 Å². The maximum Gasteiger partial charge on any atom is 0.416 e. The molecule has 0 aliphatic rings. The van der Waals surface area contributed by atoms with Crippen LogP contribution in [0, 0.1) is 11.8 Å². The first-order valence-electron chi connectivity index (χ1n) is 11.6. The summed E-state index contributed by atoms with van der Waals surface area (Å²) < 4.78 is 38.2. The molecule has 1 aromatic carbocycles. The van der Waals surface area contributed by atoms with Gasteiger partial charge in [0, 0.05) is 0 Å². The second-order valence-corrected chi connectivity index (χ2v) is 9.18. The van der Waals surface area contributed by atoms with Gasteiger partial charge >= 0.3 is 12.1 Å². The molecule has 12 heteroatoms. The molecule has 0 heterocycles. The number of carboxylic acid groups (broad SMARTS) is 1. The summed E-state index contributed by atoms with van der Waals surface area (Å²) in [5.41, 5.74) is 5.53. The number of hydrogen-bond donors (Lipinski definition) is 5. The average Bonchev–Trinajstić information content (AvgIpc) is 2.79. The zero-order valence-corrected chi connectivity index (χ0v) is 21.0. The molecule has 0 unspecified atom stereocenters. The van der Waals surface area contributed by atoms with Crippen LogP contribution in [0.5, 0.6) is 0 Å². The number of halogens is 3. The third kappa shape index (κ3) is 9.14. The van der Waals surface area contributed by atoms with E-state index in [0.29, 0.717) is 12.0 Å². The number of benzene rings is 1. The van der Waals surface area contributed by atoms with Gasteiger partial charge < -0.3 is 26.8 Å². The average molecular weight is 517 g/mol. The van der Waals surface area contributed by atoms with Crippen LogP contribution < -0.4 is 21.7 Å². The van der Waals surface area contributed by atoms with E-state index in [-0.39, 0.29) is 12.3 Å². The van der Waals surface area contributed by atoms with Crippen molar-refractivity contribution in [3.05, 3.63) is 35.4 Å². The molecule has 0 aliphatic carbocycles. The van der Waals surface area contributed by atoms with E-state index >= 15 is 0 Å². The summed E-state index contributed by atoms with van der Waals surface area (Å²) in [4.78, 5) is 49.4. The van der Waals surface area contributed by atoms with E-state index in [4.69, 9.17) is 10.8 Å². The van der Waals surface area contributed by atoms with E-state index in [0.717, 1.165) is 12.1 Å². The van der Waals surface area contributed by atoms with Crippen molar-refractivity contribution in [3.8, 4) is 0 Å². The number of amides is 3. The highest BCUT2D eigenvalue weighted by Gasteiger charge is 2.33. The number of hydrogen-bond acceptors (Lipinski definition) is 5. The highest BCUT2D eigenvalue weighted by atomic mass is 19.4. The molecule has 36 heavy (non-hydrogen) atoms. The Morgan fingerprint density at radius 2 is 1.39 bits per heavy atom. The molecular weight excluding hydrogens is 481 g/mol. The van der Waals surface area contributed by atoms with E-state index in [2.05, 4.69) is 16.0 Å². The molecule has 3 amide bonds. The van der Waals surface area contributed by atoms with Gasteiger partial charge in [-0.1, -0.05) is 46.2 Å². The van der Waals surface area contributed by atoms with Gasteiger partial charge in [-0.05, 0) is 42.9 Å². The Kier molecular flexibility index (Phi) is 11.4. The lowest BCUT2D eigenvalue weighted by molar-refractivity contribution is -0.142. The summed E-state index contributed by atoms with van der Waals surface area (Å²) in [5.74, 6) is -3.96. The van der Waals surface area contributed by atoms with Crippen LogP contribution >= 0.6 is 0 Å². The lowest BCUT2D eigenvalue weighted by Crippen LogP contribution is -2.59. The topological polar surface area (TPSA) is 151 Å². The van der Waals surface area contributed by atoms with Gasteiger partial charge in [0.25, 0.3) is 0 Å². The van der Waals surface area contributed by atoms with Gasteiger partial charge in [-0.3, -0.25) is 19.2 Å². The first-order valence-corrected chi connectivity index (χ1v) is 11.6. The number of rotatable bonds is 12. The molecule has 5 atom stereocenters. The summed E-state index contributed by atoms with van der Waals surface area (Å²) in [5, 5.41) is 16.5. The molecule has 0 radical (unpaired) electrons. The number of nitrogens with two attached hydrogens (primary N) is 1. The second kappa shape index (κ2) is 13.2. The molecule has 0 aliphatic heterocycles. The Morgan fingerprint density at radius 3 is 1.83 bits per heavy atom. The Bertz CT molecular complexity index is 921. The van der Waals surface area contributed by atoms with Gasteiger partial charge in [0.2, 0.25) is 17.7 Å². The monoisotopic (exact) mass is 516 g/mol. The first-order chi connectivity index (χ1) is 16.6. The minimum atomic E-state index is -4.48. The van der Waals surface area contributed by atoms with Gasteiger partial charge in [-0.2, -0.15) is 13.2 Å². The standard InChI is InChI=1S/C24H35F3N4O5/c1-6-13(4)19(22(34)29-14(5)23(35)36)31-21(33)18(12(2)3)30-20(32)17(28)11-15-7-9-16(10-8-15)24(25,26)27/h7-10,12-14,17-19H,6,11,28H2,1-5H3,(H,29,34)(H,30,32)(H,31,33)(H,35,36)/t13-,14-,17-,18-,19-/m0/s1. The lowest BCUT2D eigenvalue weighted by atomic mass is 9.96. The minimum Gasteiger partial charge on any atom is -0.480 e. The Labute approximate surface area is 208 Å². The van der Waals surface area contributed by atoms with Crippen LogP contribution in [0.4, 0.5) is 13.2 Å². The summed E-state index contributed by atoms with van der Waals surface area (Å²) in [6.45, 7) is 8.18. The number of carboxylic acids is 1. The highest BCUT2D eigenvalue weighted by molar-refractivity contribution is 5.94. The molecule has 0 fully saturated rings. The van der Waals surface area contributed by atoms with Crippen molar-refractivity contribution in [2.75, 3.05) is 0 Å². The fourth-order valence-electron chi connectivity index (χ4n) is 3.28. The molecule has 9 nitrogen and oxygen atoms in total. The van der Waals surface area contributed by atoms with E-state index in [9.17, 15) is 32.3 Å². The van der Waals surface area contributed by atoms with Crippen molar-refractivity contribution in [2.24, 2.45) is 17.6 Å². The zero-order chi connectivity index (χ0) is 27.8. The Morgan fingerprint density at radius 1 is 0.889 bits per heavy atom. The van der Waals surface area contributed by atoms with Crippen LogP contribution in [0.3, 0.4) is 0 Å². The van der Waals surface area contributed by atoms with Crippen LogP contribution in [0.25, 0.3) is 0 Å². The van der Waals surface area contributed by atoms with Gasteiger partial charge in [-0.15, -0.1) is 0 Å². The minimum absolute atomic E-state index is 0.0542. The summed E-state index contributed by atoms with van der Waals surface area (Å²) in [6.07, 6.45) is -4.02. The molecule has 0 aromatic heterocycles. The van der Waals surface area contributed by atoms with Crippen molar-refractivity contribution in [1.29, 1.82) is 0 Å². The smallest absolute Gasteiger partial charge is 0.416 e. The molecule has 1 aromatic rings. The van der Waals surface area contributed by atoms with Crippen LogP contribution in [0.2, 0.25) is 0 Å². The molecule has 0 saturated carbocycles.